The fourth-order valence-corrected chi connectivity index (χ4v) is 1.68. The van der Waals surface area contributed by atoms with Crippen LogP contribution in [0.4, 0.5) is 3.89 Å². The van der Waals surface area contributed by atoms with Gasteiger partial charge in [0.15, 0.2) is 5.65 Å². The monoisotopic (exact) mass is 245 g/mol. The Morgan fingerprint density at radius 1 is 1.50 bits per heavy atom. The van der Waals surface area contributed by atoms with Crippen LogP contribution in [-0.2, 0) is 10.2 Å². The molecule has 16 heavy (non-hydrogen) atoms. The molecule has 0 spiro atoms. The average molecular weight is 245 g/mol. The van der Waals surface area contributed by atoms with Crippen LogP contribution in [-0.4, -0.2) is 34.1 Å². The van der Waals surface area contributed by atoms with Gasteiger partial charge in [0.05, 0.1) is 6.20 Å². The summed E-state index contributed by atoms with van der Waals surface area (Å²) < 4.78 is 34.9. The minimum Gasteiger partial charge on any atom is -0.478 e. The molecule has 0 aliphatic carbocycles. The van der Waals surface area contributed by atoms with Crippen molar-refractivity contribution in [3.63, 3.8) is 0 Å². The Morgan fingerprint density at radius 3 is 2.75 bits per heavy atom. The van der Waals surface area contributed by atoms with Crippen LogP contribution in [0.3, 0.4) is 0 Å². The first-order valence-electron chi connectivity index (χ1n) is 3.91. The van der Waals surface area contributed by atoms with Gasteiger partial charge in [-0.3, -0.25) is 0 Å². The third-order valence-corrected chi connectivity index (χ3v) is 2.65. The molecule has 0 bridgehead atoms. The highest BCUT2D eigenvalue weighted by Crippen LogP contribution is 2.17. The van der Waals surface area contributed by atoms with E-state index in [-0.39, 0.29) is 5.65 Å². The highest BCUT2D eigenvalue weighted by atomic mass is 32.3. The first-order chi connectivity index (χ1) is 7.39. The molecule has 7 nitrogen and oxygen atoms in total. The van der Waals surface area contributed by atoms with Crippen molar-refractivity contribution in [1.82, 2.24) is 14.6 Å². The molecule has 0 saturated heterocycles. The Morgan fingerprint density at radius 2 is 2.19 bits per heavy atom. The van der Waals surface area contributed by atoms with Crippen molar-refractivity contribution < 1.29 is 22.2 Å². The van der Waals surface area contributed by atoms with E-state index in [4.69, 9.17) is 5.11 Å². The minimum atomic E-state index is -4.98. The van der Waals surface area contributed by atoms with Gasteiger partial charge < -0.3 is 5.11 Å². The van der Waals surface area contributed by atoms with E-state index in [0.29, 0.717) is 6.07 Å². The number of hydrogen-bond donors (Lipinski definition) is 1. The van der Waals surface area contributed by atoms with Gasteiger partial charge in [-0.15, -0.1) is 3.89 Å². The third-order valence-electron chi connectivity index (χ3n) is 1.86. The number of carboxylic acid groups (broad SMARTS) is 1. The molecule has 2 aromatic heterocycles. The minimum absolute atomic E-state index is 0.0556. The average Bonchev–Trinajstić information content (AvgIpc) is 2.61. The molecule has 0 unspecified atom stereocenters. The number of nitrogens with zero attached hydrogens (tertiary/aromatic N) is 3. The number of pyridine rings is 1. The first-order valence-corrected chi connectivity index (χ1v) is 5.29. The van der Waals surface area contributed by atoms with Crippen molar-refractivity contribution in [2.24, 2.45) is 0 Å². The molecule has 2 rings (SSSR count). The van der Waals surface area contributed by atoms with Crippen molar-refractivity contribution in [2.75, 3.05) is 0 Å². The summed E-state index contributed by atoms with van der Waals surface area (Å²) in [4.78, 5) is 13.6. The molecule has 2 heterocycles. The molecular formula is C7H4FN3O4S. The zero-order chi connectivity index (χ0) is 11.9. The lowest BCUT2D eigenvalue weighted by atomic mass is 10.3. The topological polar surface area (TPSA) is 102 Å². The number of carbonyl (C=O) groups is 1. The Hall–Kier alpha value is -2.03. The van der Waals surface area contributed by atoms with Crippen LogP contribution in [0.2, 0.25) is 0 Å². The van der Waals surface area contributed by atoms with E-state index in [1.165, 1.54) is 0 Å². The van der Waals surface area contributed by atoms with Crippen LogP contribution in [0.15, 0.2) is 23.5 Å². The van der Waals surface area contributed by atoms with E-state index in [0.717, 1.165) is 17.0 Å². The second kappa shape index (κ2) is 3.23. The number of fused-ring (bicyclic) bond motifs is 1. The lowest BCUT2D eigenvalue weighted by molar-refractivity contribution is 0.0698. The number of rotatable bonds is 2. The van der Waals surface area contributed by atoms with Gasteiger partial charge >= 0.3 is 16.2 Å². The first kappa shape index (κ1) is 10.5. The van der Waals surface area contributed by atoms with Crippen molar-refractivity contribution >= 4 is 21.8 Å². The van der Waals surface area contributed by atoms with Gasteiger partial charge in [0, 0.05) is 0 Å². The number of aromatic nitrogens is 3. The van der Waals surface area contributed by atoms with Crippen LogP contribution in [0.1, 0.15) is 10.4 Å². The van der Waals surface area contributed by atoms with Gasteiger partial charge in [-0.2, -0.15) is 13.5 Å². The van der Waals surface area contributed by atoms with Crippen molar-refractivity contribution in [2.45, 2.75) is 4.90 Å². The maximum atomic E-state index is 12.7. The van der Waals surface area contributed by atoms with E-state index < -0.39 is 26.7 Å². The Labute approximate surface area is 88.4 Å². The smallest absolute Gasteiger partial charge is 0.339 e. The summed E-state index contributed by atoms with van der Waals surface area (Å²) in [5.41, 5.74) is -0.490. The zero-order valence-electron chi connectivity index (χ0n) is 7.53. The molecule has 0 aliphatic rings. The summed E-state index contributed by atoms with van der Waals surface area (Å²) in [6.07, 6.45) is 1.89. The molecule has 0 aromatic carbocycles. The Balaban J connectivity index is 2.87. The second-order valence-corrected chi connectivity index (χ2v) is 4.21. The van der Waals surface area contributed by atoms with Crippen molar-refractivity contribution in [3.8, 4) is 0 Å². The van der Waals surface area contributed by atoms with Crippen LogP contribution >= 0.6 is 0 Å². The van der Waals surface area contributed by atoms with Crippen molar-refractivity contribution in [3.05, 3.63) is 24.2 Å². The van der Waals surface area contributed by atoms with Gasteiger partial charge in [-0.25, -0.2) is 14.3 Å². The molecule has 0 aliphatic heterocycles. The second-order valence-electron chi connectivity index (χ2n) is 2.86. The van der Waals surface area contributed by atoms with Crippen LogP contribution in [0.25, 0.3) is 5.65 Å². The van der Waals surface area contributed by atoms with E-state index in [1.54, 1.807) is 0 Å². The molecule has 2 aromatic rings. The molecule has 1 N–H and O–H groups in total. The zero-order valence-corrected chi connectivity index (χ0v) is 8.35. The largest absolute Gasteiger partial charge is 0.478 e. The van der Waals surface area contributed by atoms with Gasteiger partial charge in [0.2, 0.25) is 0 Å². The van der Waals surface area contributed by atoms with Gasteiger partial charge in [-0.1, -0.05) is 0 Å². The van der Waals surface area contributed by atoms with Crippen molar-refractivity contribution in [1.29, 1.82) is 0 Å². The third kappa shape index (κ3) is 1.60. The Kier molecular flexibility index (Phi) is 2.12. The predicted molar refractivity (Wildman–Crippen MR) is 48.2 cm³/mol. The molecule has 0 atom stereocenters. The summed E-state index contributed by atoms with van der Waals surface area (Å²) in [6.45, 7) is 0. The van der Waals surface area contributed by atoms with Crippen LogP contribution in [0.5, 0.6) is 0 Å². The normalized spacial score (nSPS) is 11.8. The molecular weight excluding hydrogens is 241 g/mol. The summed E-state index contributed by atoms with van der Waals surface area (Å²) >= 11 is 0. The van der Waals surface area contributed by atoms with Gasteiger partial charge in [-0.05, 0) is 6.07 Å². The van der Waals surface area contributed by atoms with E-state index in [1.807, 2.05) is 0 Å². The fraction of sp³-hybridized carbons (Fsp3) is 0. The maximum absolute atomic E-state index is 12.7. The number of carboxylic acids is 1. The summed E-state index contributed by atoms with van der Waals surface area (Å²) in [5, 5.41) is 12.3. The molecule has 0 amide bonds. The molecule has 84 valence electrons. The molecule has 9 heteroatoms. The highest BCUT2D eigenvalue weighted by molar-refractivity contribution is 7.86. The van der Waals surface area contributed by atoms with E-state index in [9.17, 15) is 17.1 Å². The quantitative estimate of drug-likeness (QED) is 0.752. The van der Waals surface area contributed by atoms with Crippen LogP contribution in [0, 0.1) is 0 Å². The summed E-state index contributed by atoms with van der Waals surface area (Å²) in [6, 6.07) is 0.696. The van der Waals surface area contributed by atoms with Gasteiger partial charge in [0.25, 0.3) is 0 Å². The standard InChI is InChI=1S/C7H4FN3O4S/c8-16(14,15)4-1-5(7(12)13)6-9-3-10-11(6)2-4/h1-3H,(H,12,13). The van der Waals surface area contributed by atoms with E-state index in [2.05, 4.69) is 10.1 Å². The van der Waals surface area contributed by atoms with Gasteiger partial charge in [0.1, 0.15) is 16.8 Å². The number of hydrogen-bond acceptors (Lipinski definition) is 5. The fourth-order valence-electron chi connectivity index (χ4n) is 1.19. The molecule has 0 saturated carbocycles. The van der Waals surface area contributed by atoms with Crippen LogP contribution < -0.4 is 0 Å². The Bertz CT molecular complexity index is 678. The number of aromatic carboxylic acids is 1. The maximum Gasteiger partial charge on any atom is 0.339 e. The SMILES string of the molecule is O=C(O)c1cc(S(=O)(=O)F)cn2ncnc12. The molecule has 0 fully saturated rings. The summed E-state index contributed by atoms with van der Waals surface area (Å²) in [7, 11) is -4.98. The lowest BCUT2D eigenvalue weighted by Gasteiger charge is -2.00. The molecule has 0 radical (unpaired) electrons. The lowest BCUT2D eigenvalue weighted by Crippen LogP contribution is -2.05. The predicted octanol–water partition coefficient (Wildman–Crippen LogP) is 0.0857. The number of halogens is 1. The van der Waals surface area contributed by atoms with E-state index >= 15 is 0 Å². The highest BCUT2D eigenvalue weighted by Gasteiger charge is 2.19. The summed E-state index contributed by atoms with van der Waals surface area (Å²) in [5.74, 6) is -1.41.